The summed E-state index contributed by atoms with van der Waals surface area (Å²) in [6, 6.07) is 8.74. The topological polar surface area (TPSA) is 23.5 Å². The van der Waals surface area contributed by atoms with Crippen LogP contribution in [0.5, 0.6) is 0 Å². The Bertz CT molecular complexity index is 367. The van der Waals surface area contributed by atoms with Crippen LogP contribution in [0.1, 0.15) is 43.9 Å². The van der Waals surface area contributed by atoms with Gasteiger partial charge in [0.1, 0.15) is 0 Å². The lowest BCUT2D eigenvalue weighted by molar-refractivity contribution is 0.0761. The van der Waals surface area contributed by atoms with Crippen molar-refractivity contribution in [3.63, 3.8) is 0 Å². The lowest BCUT2D eigenvalue weighted by Gasteiger charge is -2.27. The average Bonchev–Trinajstić information content (AvgIpc) is 2.63. The van der Waals surface area contributed by atoms with Crippen molar-refractivity contribution in [2.24, 2.45) is 0 Å². The van der Waals surface area contributed by atoms with E-state index in [1.165, 1.54) is 18.4 Å². The predicted octanol–water partition coefficient (Wildman–Crippen LogP) is 2.68. The summed E-state index contributed by atoms with van der Waals surface area (Å²) in [5.74, 6) is 0. The van der Waals surface area contributed by atoms with Crippen LogP contribution in [0.2, 0.25) is 0 Å². The van der Waals surface area contributed by atoms with E-state index in [0.29, 0.717) is 6.04 Å². The Morgan fingerprint density at radius 3 is 2.56 bits per heavy atom. The quantitative estimate of drug-likeness (QED) is 0.826. The molecule has 1 aliphatic heterocycles. The molecule has 2 nitrogen and oxygen atoms in total. The van der Waals surface area contributed by atoms with E-state index in [0.717, 1.165) is 12.1 Å². The minimum Gasteiger partial charge on any atom is -0.386 e. The highest BCUT2D eigenvalue weighted by atomic mass is 16.3. The maximum absolute atomic E-state index is 10.2. The number of benzene rings is 1. The molecule has 0 aromatic heterocycles. The van der Waals surface area contributed by atoms with Gasteiger partial charge in [-0.3, -0.25) is 4.90 Å². The van der Waals surface area contributed by atoms with Crippen molar-refractivity contribution in [2.75, 3.05) is 13.6 Å². The van der Waals surface area contributed by atoms with Crippen LogP contribution in [0.25, 0.3) is 0 Å². The summed E-state index contributed by atoms with van der Waals surface area (Å²) < 4.78 is 0. The summed E-state index contributed by atoms with van der Waals surface area (Å²) >= 11 is 0. The van der Waals surface area contributed by atoms with Crippen LogP contribution in [0, 0.1) is 0 Å². The first-order valence-electron chi connectivity index (χ1n) is 6.02. The summed E-state index contributed by atoms with van der Waals surface area (Å²) in [5.41, 5.74) is 1.60. The zero-order chi connectivity index (χ0) is 11.8. The molecule has 0 radical (unpaired) electrons. The van der Waals surface area contributed by atoms with Crippen LogP contribution >= 0.6 is 0 Å². The van der Waals surface area contributed by atoms with Crippen LogP contribution in [0.4, 0.5) is 0 Å². The number of hydrogen-bond acceptors (Lipinski definition) is 2. The molecule has 1 saturated heterocycles. The second-order valence-electron chi connectivity index (χ2n) is 5.28. The van der Waals surface area contributed by atoms with E-state index < -0.39 is 5.60 Å². The van der Waals surface area contributed by atoms with Crippen molar-refractivity contribution in [3.8, 4) is 0 Å². The molecule has 1 aliphatic rings. The summed E-state index contributed by atoms with van der Waals surface area (Å²) in [6.07, 6.45) is 2.45. The molecule has 0 aliphatic carbocycles. The number of likely N-dealkylation sites (tertiary alicyclic amines) is 1. The fourth-order valence-electron chi connectivity index (χ4n) is 2.65. The van der Waals surface area contributed by atoms with E-state index in [-0.39, 0.29) is 0 Å². The van der Waals surface area contributed by atoms with Crippen molar-refractivity contribution in [1.82, 2.24) is 4.90 Å². The third-order valence-corrected chi connectivity index (χ3v) is 3.50. The van der Waals surface area contributed by atoms with E-state index in [1.54, 1.807) is 0 Å². The van der Waals surface area contributed by atoms with Crippen LogP contribution < -0.4 is 0 Å². The summed E-state index contributed by atoms with van der Waals surface area (Å²) in [7, 11) is 2.17. The lowest BCUT2D eigenvalue weighted by atomic mass is 9.89. The smallest absolute Gasteiger partial charge is 0.0843 e. The molecular weight excluding hydrogens is 198 g/mol. The van der Waals surface area contributed by atoms with Gasteiger partial charge >= 0.3 is 0 Å². The largest absolute Gasteiger partial charge is 0.386 e. The van der Waals surface area contributed by atoms with Crippen molar-refractivity contribution < 1.29 is 5.11 Å². The Labute approximate surface area is 97.9 Å². The van der Waals surface area contributed by atoms with Crippen molar-refractivity contribution in [1.29, 1.82) is 0 Å². The number of rotatable bonds is 2. The fourth-order valence-corrected chi connectivity index (χ4v) is 2.65. The second-order valence-corrected chi connectivity index (χ2v) is 5.28. The van der Waals surface area contributed by atoms with Gasteiger partial charge in [-0.2, -0.15) is 0 Å². The zero-order valence-electron chi connectivity index (χ0n) is 10.4. The summed E-state index contributed by atoms with van der Waals surface area (Å²) in [5, 5.41) is 10.2. The van der Waals surface area contributed by atoms with E-state index in [4.69, 9.17) is 0 Å². The third kappa shape index (κ3) is 2.13. The second kappa shape index (κ2) is 4.19. The Morgan fingerprint density at radius 2 is 2.00 bits per heavy atom. The van der Waals surface area contributed by atoms with Gasteiger partial charge in [0.2, 0.25) is 0 Å². The molecule has 16 heavy (non-hydrogen) atoms. The summed E-state index contributed by atoms with van der Waals surface area (Å²) in [4.78, 5) is 2.38. The van der Waals surface area contributed by atoms with E-state index >= 15 is 0 Å². The van der Waals surface area contributed by atoms with Gasteiger partial charge in [-0.05, 0) is 51.4 Å². The molecule has 1 aromatic carbocycles. The highest BCUT2D eigenvalue weighted by Crippen LogP contribution is 2.36. The molecule has 88 valence electrons. The minimum absolute atomic E-state index is 0.475. The van der Waals surface area contributed by atoms with E-state index in [9.17, 15) is 5.11 Å². The molecule has 0 spiro atoms. The van der Waals surface area contributed by atoms with Crippen LogP contribution in [-0.2, 0) is 5.60 Å². The molecule has 1 aromatic rings. The van der Waals surface area contributed by atoms with Crippen LogP contribution in [-0.4, -0.2) is 23.6 Å². The molecule has 0 amide bonds. The Kier molecular flexibility index (Phi) is 3.04. The first-order valence-corrected chi connectivity index (χ1v) is 6.02. The Balaban J connectivity index is 2.40. The standard InChI is InChI=1S/C14H21NO/c1-14(2,16)12-8-5-4-7-11(12)13-9-6-10-15(13)3/h4-5,7-8,13,16H,6,9-10H2,1-3H3. The van der Waals surface area contributed by atoms with Crippen molar-refractivity contribution in [2.45, 2.75) is 38.3 Å². The molecule has 1 fully saturated rings. The van der Waals surface area contributed by atoms with Gasteiger partial charge in [-0.1, -0.05) is 24.3 Å². The molecule has 2 rings (SSSR count). The molecule has 2 heteroatoms. The third-order valence-electron chi connectivity index (χ3n) is 3.50. The normalized spacial score (nSPS) is 22.6. The lowest BCUT2D eigenvalue weighted by Crippen LogP contribution is -2.24. The molecule has 1 heterocycles. The van der Waals surface area contributed by atoms with Gasteiger partial charge in [0.15, 0.2) is 0 Å². The highest BCUT2D eigenvalue weighted by molar-refractivity contribution is 5.34. The molecule has 1 atom stereocenters. The van der Waals surface area contributed by atoms with Gasteiger partial charge in [0.25, 0.3) is 0 Å². The van der Waals surface area contributed by atoms with Gasteiger partial charge in [0.05, 0.1) is 5.60 Å². The maximum Gasteiger partial charge on any atom is 0.0843 e. The molecule has 1 N–H and O–H groups in total. The number of nitrogens with zero attached hydrogens (tertiary/aromatic N) is 1. The first kappa shape index (κ1) is 11.6. The summed E-state index contributed by atoms with van der Waals surface area (Å²) in [6.45, 7) is 4.88. The minimum atomic E-state index is -0.750. The maximum atomic E-state index is 10.2. The van der Waals surface area contributed by atoms with Crippen LogP contribution in [0.15, 0.2) is 24.3 Å². The van der Waals surface area contributed by atoms with Crippen molar-refractivity contribution in [3.05, 3.63) is 35.4 Å². The van der Waals surface area contributed by atoms with E-state index in [2.05, 4.69) is 24.1 Å². The Hall–Kier alpha value is -0.860. The van der Waals surface area contributed by atoms with Crippen molar-refractivity contribution >= 4 is 0 Å². The average molecular weight is 219 g/mol. The fraction of sp³-hybridized carbons (Fsp3) is 0.571. The zero-order valence-corrected chi connectivity index (χ0v) is 10.4. The van der Waals surface area contributed by atoms with Gasteiger partial charge in [-0.25, -0.2) is 0 Å². The van der Waals surface area contributed by atoms with Gasteiger partial charge in [-0.15, -0.1) is 0 Å². The Morgan fingerprint density at radius 1 is 1.31 bits per heavy atom. The molecule has 0 bridgehead atoms. The molecule has 0 saturated carbocycles. The van der Waals surface area contributed by atoms with Crippen LogP contribution in [0.3, 0.4) is 0 Å². The van der Waals surface area contributed by atoms with Gasteiger partial charge < -0.3 is 5.11 Å². The first-order chi connectivity index (χ1) is 7.50. The van der Waals surface area contributed by atoms with Gasteiger partial charge in [0, 0.05) is 6.04 Å². The highest BCUT2D eigenvalue weighted by Gasteiger charge is 2.28. The predicted molar refractivity (Wildman–Crippen MR) is 66.3 cm³/mol. The van der Waals surface area contributed by atoms with E-state index in [1.807, 2.05) is 26.0 Å². The monoisotopic (exact) mass is 219 g/mol. The molecular formula is C14H21NO. The number of hydrogen-bond donors (Lipinski definition) is 1. The SMILES string of the molecule is CN1CCCC1c1ccccc1C(C)(C)O. The molecule has 1 unspecified atom stereocenters. The number of aliphatic hydroxyl groups is 1.